The number of nitrogens with two attached hydrogens (primary N) is 3. The lowest BCUT2D eigenvalue weighted by atomic mass is 10.1. The second-order valence-corrected chi connectivity index (χ2v) is 6.45. The lowest BCUT2D eigenvalue weighted by molar-refractivity contribution is -0.139. The zero-order valence-electron chi connectivity index (χ0n) is 14.3. The van der Waals surface area contributed by atoms with Crippen LogP contribution in [0.25, 0.3) is 0 Å². The molecule has 0 aliphatic rings. The van der Waals surface area contributed by atoms with Crippen molar-refractivity contribution in [2.45, 2.75) is 25.4 Å². The van der Waals surface area contributed by atoms with Gasteiger partial charge in [-0.3, -0.25) is 19.3 Å². The van der Waals surface area contributed by atoms with Gasteiger partial charge in [0, 0.05) is 0 Å². The Morgan fingerprint density at radius 2 is 1.59 bits per heavy atom. The van der Waals surface area contributed by atoms with E-state index in [0.29, 0.717) is 5.56 Å². The predicted molar refractivity (Wildman–Crippen MR) is 92.6 cm³/mol. The van der Waals surface area contributed by atoms with Crippen LogP contribution in [0.4, 0.5) is 0 Å². The fraction of sp³-hybridized carbons (Fsp3) is 0.357. The summed E-state index contributed by atoms with van der Waals surface area (Å²) in [5, 5.41) is 16.5. The van der Waals surface area contributed by atoms with Crippen LogP contribution >= 0.6 is 7.82 Å². The van der Waals surface area contributed by atoms with E-state index in [1.54, 1.807) is 0 Å². The van der Waals surface area contributed by atoms with Crippen molar-refractivity contribution in [2.24, 2.45) is 17.2 Å². The highest BCUT2D eigenvalue weighted by atomic mass is 31.2. The summed E-state index contributed by atoms with van der Waals surface area (Å²) in [5.41, 5.74) is 15.8. The summed E-state index contributed by atoms with van der Waals surface area (Å²) < 4.78 is 20.2. The zero-order valence-corrected chi connectivity index (χ0v) is 15.2. The molecule has 152 valence electrons. The van der Waals surface area contributed by atoms with Gasteiger partial charge in [-0.05, 0) is 31.0 Å². The Balaban J connectivity index is 0.000000972. The summed E-state index contributed by atoms with van der Waals surface area (Å²) in [5.74, 6) is -3.21. The minimum Gasteiger partial charge on any atom is -0.480 e. The number of rotatable bonds is 8. The molecule has 12 nitrogen and oxygen atoms in total. The molecule has 0 fully saturated rings. The Bertz CT molecular complexity index is 694. The van der Waals surface area contributed by atoms with E-state index in [1.807, 2.05) is 0 Å². The molecule has 0 aromatic heterocycles. The van der Waals surface area contributed by atoms with Gasteiger partial charge in [0.25, 0.3) is 0 Å². The monoisotopic (exact) mass is 407 g/mol. The van der Waals surface area contributed by atoms with Crippen LogP contribution in [0.5, 0.6) is 5.75 Å². The van der Waals surface area contributed by atoms with Gasteiger partial charge in [0.1, 0.15) is 17.8 Å². The molecule has 1 unspecified atom stereocenters. The van der Waals surface area contributed by atoms with Crippen molar-refractivity contribution >= 4 is 25.7 Å². The summed E-state index contributed by atoms with van der Waals surface area (Å²) in [7, 11) is -4.59. The molecule has 0 bridgehead atoms. The van der Waals surface area contributed by atoms with Gasteiger partial charge < -0.3 is 36.5 Å². The summed E-state index contributed by atoms with van der Waals surface area (Å²) in [6.07, 6.45) is 0.0918. The summed E-state index contributed by atoms with van der Waals surface area (Å²) >= 11 is 0. The molecule has 27 heavy (non-hydrogen) atoms. The number of carboxylic acid groups (broad SMARTS) is 2. The Hall–Kier alpha value is -2.50. The number of carboxylic acids is 2. The van der Waals surface area contributed by atoms with Crippen molar-refractivity contribution in [2.75, 3.05) is 6.54 Å². The van der Waals surface area contributed by atoms with Gasteiger partial charge in [0.15, 0.2) is 0 Å². The van der Waals surface area contributed by atoms with Crippen LogP contribution in [0.1, 0.15) is 12.5 Å². The highest BCUT2D eigenvalue weighted by Crippen LogP contribution is 2.43. The average molecular weight is 407 g/mol. The molecule has 1 aromatic rings. The van der Waals surface area contributed by atoms with E-state index in [-0.39, 0.29) is 12.2 Å². The number of hydrogen-bond acceptors (Lipinski definition) is 9. The number of benzene rings is 1. The molecule has 0 heterocycles. The second kappa shape index (κ2) is 11.3. The van der Waals surface area contributed by atoms with Crippen LogP contribution in [0.2, 0.25) is 0 Å². The van der Waals surface area contributed by atoms with Crippen LogP contribution in [-0.2, 0) is 29.9 Å². The van der Waals surface area contributed by atoms with Gasteiger partial charge in [0.2, 0.25) is 0 Å². The van der Waals surface area contributed by atoms with Gasteiger partial charge in [-0.15, -0.1) is 0 Å². The Labute approximate surface area is 154 Å². The third kappa shape index (κ3) is 10.9. The van der Waals surface area contributed by atoms with E-state index < -0.39 is 44.4 Å². The highest BCUT2D eigenvalue weighted by Gasteiger charge is 2.27. The fourth-order valence-electron chi connectivity index (χ4n) is 1.35. The Morgan fingerprint density at radius 3 is 1.96 bits per heavy atom. The van der Waals surface area contributed by atoms with Gasteiger partial charge in [-0.1, -0.05) is 12.1 Å². The van der Waals surface area contributed by atoms with Gasteiger partial charge >= 0.3 is 25.7 Å². The van der Waals surface area contributed by atoms with Crippen LogP contribution in [0.15, 0.2) is 24.3 Å². The number of aliphatic carboxylic acids is 2. The average Bonchev–Trinajstić information content (AvgIpc) is 2.56. The normalized spacial score (nSPS) is 14.6. The SMILES string of the molecule is C[C@H](N)C(=O)O.NCC(=O)OP(=O)(O)Oc1ccc(C[C@H](N)C(=O)O)cc1. The molecule has 9 N–H and O–H groups in total. The standard InChI is InChI=1S/C11H15N2O7P.C3H7NO2/c12-6-10(14)20-21(17,18)19-8-3-1-7(2-4-8)5-9(13)11(15)16;1-2(4)3(5)6/h1-4,9H,5-6,12-13H2,(H,15,16)(H,17,18);2H,4H2,1H3,(H,5,6)/t9-;2-/m00/s1. The van der Waals surface area contributed by atoms with Crippen molar-refractivity contribution in [3.8, 4) is 5.75 Å². The van der Waals surface area contributed by atoms with E-state index in [4.69, 9.17) is 27.4 Å². The van der Waals surface area contributed by atoms with Gasteiger partial charge in [-0.2, -0.15) is 0 Å². The number of hydrogen-bond donors (Lipinski definition) is 6. The maximum absolute atomic E-state index is 11.4. The van der Waals surface area contributed by atoms with Crippen molar-refractivity contribution in [1.82, 2.24) is 0 Å². The van der Waals surface area contributed by atoms with Crippen LogP contribution < -0.4 is 21.7 Å². The first kappa shape index (κ1) is 24.5. The smallest absolute Gasteiger partial charge is 0.480 e. The Kier molecular flexibility index (Phi) is 10.2. The third-order valence-corrected chi connectivity index (χ3v) is 3.57. The largest absolute Gasteiger partial charge is 0.587 e. The number of phosphoric ester groups is 1. The van der Waals surface area contributed by atoms with Gasteiger partial charge in [0.05, 0.1) is 6.54 Å². The number of carbonyl (C=O) groups excluding carboxylic acids is 1. The molecular weight excluding hydrogens is 385 g/mol. The van der Waals surface area contributed by atoms with Gasteiger partial charge in [-0.25, -0.2) is 4.57 Å². The number of phosphoric acid groups is 1. The fourth-order valence-corrected chi connectivity index (χ4v) is 2.10. The molecule has 1 rings (SSSR count). The van der Waals surface area contributed by atoms with E-state index in [1.165, 1.54) is 31.2 Å². The molecule has 0 aliphatic carbocycles. The molecule has 0 amide bonds. The van der Waals surface area contributed by atoms with E-state index in [0.717, 1.165) is 0 Å². The molecule has 0 radical (unpaired) electrons. The molecule has 0 saturated carbocycles. The van der Waals surface area contributed by atoms with Crippen LogP contribution in [0, 0.1) is 0 Å². The quantitative estimate of drug-likeness (QED) is 0.286. The third-order valence-electron chi connectivity index (χ3n) is 2.69. The first-order valence-electron chi connectivity index (χ1n) is 7.38. The summed E-state index contributed by atoms with van der Waals surface area (Å²) in [6.45, 7) is 0.863. The van der Waals surface area contributed by atoms with Crippen LogP contribution in [0.3, 0.4) is 0 Å². The maximum Gasteiger partial charge on any atom is 0.587 e. The van der Waals surface area contributed by atoms with E-state index in [9.17, 15) is 23.8 Å². The lowest BCUT2D eigenvalue weighted by Gasteiger charge is -2.12. The lowest BCUT2D eigenvalue weighted by Crippen LogP contribution is -2.32. The maximum atomic E-state index is 11.4. The van der Waals surface area contributed by atoms with Crippen LogP contribution in [-0.4, -0.2) is 51.6 Å². The predicted octanol–water partition coefficient (Wildman–Crippen LogP) is -0.960. The van der Waals surface area contributed by atoms with E-state index >= 15 is 0 Å². The molecule has 0 saturated heterocycles. The second-order valence-electron chi connectivity index (χ2n) is 5.15. The first-order chi connectivity index (χ1) is 12.4. The summed E-state index contributed by atoms with van der Waals surface area (Å²) in [6, 6.07) is 3.81. The van der Waals surface area contributed by atoms with Crippen molar-refractivity contribution < 1.29 is 43.1 Å². The van der Waals surface area contributed by atoms with E-state index in [2.05, 4.69) is 9.05 Å². The first-order valence-corrected chi connectivity index (χ1v) is 8.88. The molecule has 1 aromatic carbocycles. The highest BCUT2D eigenvalue weighted by molar-refractivity contribution is 7.48. The zero-order chi connectivity index (χ0) is 21.2. The molecular formula is C14H22N3O9P. The van der Waals surface area contributed by atoms with Crippen molar-refractivity contribution in [3.05, 3.63) is 29.8 Å². The number of carbonyl (C=O) groups is 3. The molecule has 0 spiro atoms. The minimum atomic E-state index is -4.59. The topological polar surface area (TPSA) is 225 Å². The molecule has 0 aliphatic heterocycles. The molecule has 13 heteroatoms. The van der Waals surface area contributed by atoms with Crippen molar-refractivity contribution in [3.63, 3.8) is 0 Å². The Morgan fingerprint density at radius 1 is 1.11 bits per heavy atom. The molecule has 3 atom stereocenters. The minimum absolute atomic E-state index is 0.0294. The summed E-state index contributed by atoms with van der Waals surface area (Å²) in [4.78, 5) is 40.3. The van der Waals surface area contributed by atoms with Crippen molar-refractivity contribution in [1.29, 1.82) is 0 Å².